The quantitative estimate of drug-likeness (QED) is 0.307. The van der Waals surface area contributed by atoms with Gasteiger partial charge in [0.25, 0.3) is 0 Å². The first-order valence-corrected chi connectivity index (χ1v) is 11.6. The Morgan fingerprint density at radius 2 is 1.66 bits per heavy atom. The molecule has 0 aliphatic carbocycles. The van der Waals surface area contributed by atoms with Crippen LogP contribution in [0.1, 0.15) is 17.2 Å². The first-order valence-electron chi connectivity index (χ1n) is 11.2. The van der Waals surface area contributed by atoms with Crippen molar-refractivity contribution in [1.82, 2.24) is 10.4 Å². The predicted molar refractivity (Wildman–Crippen MR) is 144 cm³/mol. The Morgan fingerprint density at radius 3 is 2.37 bits per heavy atom. The van der Waals surface area contributed by atoms with Gasteiger partial charge in [0.2, 0.25) is 0 Å². The van der Waals surface area contributed by atoms with Gasteiger partial charge in [0.15, 0.2) is 5.11 Å². The summed E-state index contributed by atoms with van der Waals surface area (Å²) in [5.41, 5.74) is 6.74. The van der Waals surface area contributed by atoms with Crippen molar-refractivity contribution in [2.45, 2.75) is 6.04 Å². The van der Waals surface area contributed by atoms with Crippen molar-refractivity contribution < 1.29 is 14.6 Å². The zero-order valence-corrected chi connectivity index (χ0v) is 20.2. The van der Waals surface area contributed by atoms with Gasteiger partial charge in [-0.25, -0.2) is 0 Å². The van der Waals surface area contributed by atoms with Crippen LogP contribution in [0.3, 0.4) is 0 Å². The zero-order valence-electron chi connectivity index (χ0n) is 19.4. The van der Waals surface area contributed by atoms with E-state index in [2.05, 4.69) is 29.0 Å². The van der Waals surface area contributed by atoms with Crippen LogP contribution in [0.15, 0.2) is 91.0 Å². The van der Waals surface area contributed by atoms with E-state index in [0.29, 0.717) is 16.4 Å². The summed E-state index contributed by atoms with van der Waals surface area (Å²) in [4.78, 5) is 0. The van der Waals surface area contributed by atoms with Crippen LogP contribution in [0.5, 0.6) is 17.2 Å². The van der Waals surface area contributed by atoms with Crippen LogP contribution < -0.4 is 20.2 Å². The molecule has 1 heterocycles. The minimum atomic E-state index is -0.244. The first kappa shape index (κ1) is 22.6. The summed E-state index contributed by atoms with van der Waals surface area (Å²) in [6.45, 7) is 0. The van der Waals surface area contributed by atoms with Gasteiger partial charge in [-0.05, 0) is 59.6 Å². The lowest BCUT2D eigenvalue weighted by Crippen LogP contribution is -2.42. The fourth-order valence-corrected chi connectivity index (χ4v) is 4.60. The lowest BCUT2D eigenvalue weighted by molar-refractivity contribution is 0.348. The van der Waals surface area contributed by atoms with E-state index in [9.17, 15) is 5.11 Å². The number of phenols is 1. The second kappa shape index (κ2) is 9.56. The number of phenolic OH excluding ortho intramolecular Hbond substituents is 1. The maximum absolute atomic E-state index is 10.7. The van der Waals surface area contributed by atoms with Crippen LogP contribution in [0, 0.1) is 0 Å². The molecular weight excluding hydrogens is 458 g/mol. The number of hydrogen-bond acceptors (Lipinski definition) is 5. The molecule has 6 nitrogen and oxygen atoms in total. The molecule has 1 unspecified atom stereocenters. The van der Waals surface area contributed by atoms with Gasteiger partial charge in [0.05, 0.1) is 26.0 Å². The lowest BCUT2D eigenvalue weighted by atomic mass is 9.97. The molecule has 0 saturated heterocycles. The number of ether oxygens (including phenoxy) is 2. The highest BCUT2D eigenvalue weighted by molar-refractivity contribution is 7.80. The fraction of sp³-hybridized carbons (Fsp3) is 0.107. The van der Waals surface area contributed by atoms with E-state index in [1.54, 1.807) is 20.3 Å². The van der Waals surface area contributed by atoms with Crippen LogP contribution >= 0.6 is 12.2 Å². The molecule has 35 heavy (non-hydrogen) atoms. The molecular formula is C28H25N3O3S. The average molecular weight is 484 g/mol. The number of anilines is 1. The van der Waals surface area contributed by atoms with Crippen LogP contribution in [0.2, 0.25) is 0 Å². The predicted octanol–water partition coefficient (Wildman–Crippen LogP) is 5.86. The Hall–Kier alpha value is -4.23. The number of nitrogens with zero attached hydrogens (tertiary/aromatic N) is 1. The molecule has 0 aromatic heterocycles. The van der Waals surface area contributed by atoms with Gasteiger partial charge in [0.1, 0.15) is 17.2 Å². The molecule has 7 heteroatoms. The second-order valence-electron chi connectivity index (χ2n) is 8.09. The number of thiocarbonyl (C=S) groups is 1. The maximum atomic E-state index is 10.7. The minimum absolute atomic E-state index is 0.116. The third-order valence-corrected chi connectivity index (χ3v) is 6.34. The molecule has 1 aliphatic heterocycles. The summed E-state index contributed by atoms with van der Waals surface area (Å²) in [6.07, 6.45) is 2.06. The van der Waals surface area contributed by atoms with Crippen molar-refractivity contribution in [2.24, 2.45) is 0 Å². The molecule has 0 amide bonds. The number of benzene rings is 4. The van der Waals surface area contributed by atoms with Crippen molar-refractivity contribution in [1.29, 1.82) is 0 Å². The smallest absolute Gasteiger partial charge is 0.193 e. The highest BCUT2D eigenvalue weighted by Crippen LogP contribution is 2.40. The van der Waals surface area contributed by atoms with Gasteiger partial charge in [-0.3, -0.25) is 10.4 Å². The van der Waals surface area contributed by atoms with Gasteiger partial charge in [-0.2, -0.15) is 0 Å². The molecule has 0 spiro atoms. The van der Waals surface area contributed by atoms with Crippen LogP contribution in [0.4, 0.5) is 5.69 Å². The molecule has 3 N–H and O–H groups in total. The van der Waals surface area contributed by atoms with Crippen molar-refractivity contribution in [3.63, 3.8) is 0 Å². The average Bonchev–Trinajstić information content (AvgIpc) is 3.33. The van der Waals surface area contributed by atoms with E-state index in [-0.39, 0.29) is 11.8 Å². The minimum Gasteiger partial charge on any atom is -0.507 e. The van der Waals surface area contributed by atoms with E-state index in [1.807, 2.05) is 71.7 Å². The largest absolute Gasteiger partial charge is 0.507 e. The molecule has 0 bridgehead atoms. The van der Waals surface area contributed by atoms with Gasteiger partial charge in [0, 0.05) is 22.7 Å². The van der Waals surface area contributed by atoms with Crippen LogP contribution in [-0.4, -0.2) is 29.4 Å². The fourth-order valence-electron chi connectivity index (χ4n) is 4.33. The summed E-state index contributed by atoms with van der Waals surface area (Å²) in [7, 11) is 3.25. The second-order valence-corrected chi connectivity index (χ2v) is 8.48. The van der Waals surface area contributed by atoms with Gasteiger partial charge in [-0.15, -0.1) is 0 Å². The summed E-state index contributed by atoms with van der Waals surface area (Å²) in [6, 6.07) is 27.0. The molecule has 176 valence electrons. The molecule has 0 fully saturated rings. The number of rotatable bonds is 5. The number of hydrazine groups is 1. The normalized spacial score (nSPS) is 14.9. The molecule has 0 radical (unpaired) electrons. The summed E-state index contributed by atoms with van der Waals surface area (Å²) in [5.74, 6) is 1.51. The highest BCUT2D eigenvalue weighted by atomic mass is 32.1. The van der Waals surface area contributed by atoms with Crippen molar-refractivity contribution in [3.8, 4) is 17.2 Å². The SMILES string of the molecule is COc1ccc(C2=CC(c3ccc(OC)c4ccccc34)N(C(=S)Nc3ccccc3)N2)c(O)c1. The zero-order chi connectivity index (χ0) is 24.4. The number of para-hydroxylation sites is 1. The number of hydrogen-bond donors (Lipinski definition) is 3. The number of methoxy groups -OCH3 is 2. The highest BCUT2D eigenvalue weighted by Gasteiger charge is 2.31. The van der Waals surface area contributed by atoms with E-state index >= 15 is 0 Å². The molecule has 0 saturated carbocycles. The Balaban J connectivity index is 1.59. The third kappa shape index (κ3) is 4.34. The molecule has 1 atom stereocenters. The van der Waals surface area contributed by atoms with Gasteiger partial charge in [-0.1, -0.05) is 48.5 Å². The van der Waals surface area contributed by atoms with E-state index in [0.717, 1.165) is 33.5 Å². The van der Waals surface area contributed by atoms with Crippen LogP contribution in [-0.2, 0) is 0 Å². The van der Waals surface area contributed by atoms with Crippen molar-refractivity contribution in [2.75, 3.05) is 19.5 Å². The molecule has 4 aromatic rings. The summed E-state index contributed by atoms with van der Waals surface area (Å²) >= 11 is 5.83. The third-order valence-electron chi connectivity index (χ3n) is 6.04. The molecule has 5 rings (SSSR count). The number of fused-ring (bicyclic) bond motifs is 1. The van der Waals surface area contributed by atoms with E-state index < -0.39 is 0 Å². The molecule has 1 aliphatic rings. The van der Waals surface area contributed by atoms with Crippen LogP contribution in [0.25, 0.3) is 16.5 Å². The van der Waals surface area contributed by atoms with Crippen molar-refractivity contribution >= 4 is 39.5 Å². The summed E-state index contributed by atoms with van der Waals surface area (Å²) in [5, 5.41) is 18.5. The lowest BCUT2D eigenvalue weighted by Gasteiger charge is -2.29. The maximum Gasteiger partial charge on any atom is 0.193 e. The molecule has 4 aromatic carbocycles. The monoisotopic (exact) mass is 483 g/mol. The summed E-state index contributed by atoms with van der Waals surface area (Å²) < 4.78 is 10.8. The topological polar surface area (TPSA) is 66.0 Å². The standard InChI is InChI=1S/C28H25N3O3S/c1-33-19-12-13-23(26(32)16-19)24-17-25(31(30-24)28(35)29-18-8-4-3-5-9-18)21-14-15-27(34-2)22-11-7-6-10-20(21)22/h3-17,25,30,32H,1-2H3,(H,29,35). The van der Waals surface area contributed by atoms with E-state index in [1.165, 1.54) is 0 Å². The first-order chi connectivity index (χ1) is 17.1. The Kier molecular flexibility index (Phi) is 6.16. The van der Waals surface area contributed by atoms with Gasteiger partial charge >= 0.3 is 0 Å². The number of nitrogens with one attached hydrogen (secondary N) is 2. The van der Waals surface area contributed by atoms with Crippen molar-refractivity contribution in [3.05, 3.63) is 102 Å². The van der Waals surface area contributed by atoms with Gasteiger partial charge < -0.3 is 19.9 Å². The van der Waals surface area contributed by atoms with E-state index in [4.69, 9.17) is 21.7 Å². The Labute approximate surface area is 209 Å². The number of aromatic hydroxyl groups is 1. The Bertz CT molecular complexity index is 1420. The Morgan fingerprint density at radius 1 is 0.914 bits per heavy atom.